The number of nitrogens with zero attached hydrogens (tertiary/aromatic N) is 3. The third kappa shape index (κ3) is 5.23. The van der Waals surface area contributed by atoms with Crippen molar-refractivity contribution in [1.82, 2.24) is 14.5 Å². The molecule has 3 aromatic heterocycles. The van der Waals surface area contributed by atoms with Crippen LogP contribution in [0.2, 0.25) is 0 Å². The minimum atomic E-state index is 0.689. The standard InChI is InChI=1S/C52H33N3O/c1-3-15-34(16-4-1)44-33-45(54-52(53-44)36-17-5-2-6-18-36)39-20-8-7-19-38(39)42-31-32-49-51(43-23-11-14-26-48(43)56-49)50(42)35-27-29-37(30-28-35)55-46-24-12-9-21-40(46)41-22-10-13-25-47(41)55/h1-33H. The van der Waals surface area contributed by atoms with Gasteiger partial charge >= 0.3 is 0 Å². The van der Waals surface area contributed by atoms with Gasteiger partial charge in [0.2, 0.25) is 0 Å². The fourth-order valence-electron chi connectivity index (χ4n) is 8.32. The molecule has 3 heterocycles. The van der Waals surface area contributed by atoms with E-state index < -0.39 is 0 Å². The fourth-order valence-corrected chi connectivity index (χ4v) is 8.32. The van der Waals surface area contributed by atoms with Gasteiger partial charge in [-0.3, -0.25) is 0 Å². The highest BCUT2D eigenvalue weighted by molar-refractivity contribution is 6.16. The molecule has 262 valence electrons. The van der Waals surface area contributed by atoms with Crippen LogP contribution in [0.15, 0.2) is 205 Å². The number of benzene rings is 8. The molecule has 0 aliphatic rings. The van der Waals surface area contributed by atoms with Crippen molar-refractivity contribution in [1.29, 1.82) is 0 Å². The summed E-state index contributed by atoms with van der Waals surface area (Å²) < 4.78 is 8.87. The molecule has 0 bridgehead atoms. The van der Waals surface area contributed by atoms with Gasteiger partial charge in [0.25, 0.3) is 0 Å². The van der Waals surface area contributed by atoms with Crippen molar-refractivity contribution in [2.75, 3.05) is 0 Å². The minimum absolute atomic E-state index is 0.689. The van der Waals surface area contributed by atoms with Gasteiger partial charge < -0.3 is 8.98 Å². The van der Waals surface area contributed by atoms with E-state index in [1.165, 1.54) is 21.8 Å². The molecule has 0 amide bonds. The summed E-state index contributed by atoms with van der Waals surface area (Å²) in [4.78, 5) is 10.3. The smallest absolute Gasteiger partial charge is 0.160 e. The predicted octanol–water partition coefficient (Wildman–Crippen LogP) is 13.8. The molecule has 4 nitrogen and oxygen atoms in total. The molecule has 8 aromatic carbocycles. The maximum Gasteiger partial charge on any atom is 0.160 e. The summed E-state index contributed by atoms with van der Waals surface area (Å²) >= 11 is 0. The Labute approximate surface area is 323 Å². The lowest BCUT2D eigenvalue weighted by molar-refractivity contribution is 0.669. The van der Waals surface area contributed by atoms with Crippen LogP contribution in [0.4, 0.5) is 0 Å². The van der Waals surface area contributed by atoms with Crippen LogP contribution in [0, 0.1) is 0 Å². The van der Waals surface area contributed by atoms with Crippen LogP contribution in [0.25, 0.3) is 106 Å². The van der Waals surface area contributed by atoms with Gasteiger partial charge in [0.1, 0.15) is 11.2 Å². The number of aromatic nitrogens is 3. The van der Waals surface area contributed by atoms with E-state index in [1.54, 1.807) is 0 Å². The topological polar surface area (TPSA) is 43.9 Å². The number of rotatable bonds is 6. The van der Waals surface area contributed by atoms with Gasteiger partial charge in [0.15, 0.2) is 5.82 Å². The number of hydrogen-bond acceptors (Lipinski definition) is 3. The van der Waals surface area contributed by atoms with Crippen LogP contribution in [0.3, 0.4) is 0 Å². The zero-order chi connectivity index (χ0) is 37.0. The molecule has 0 aliphatic heterocycles. The van der Waals surface area contributed by atoms with Gasteiger partial charge in [-0.2, -0.15) is 0 Å². The molecule has 11 rings (SSSR count). The molecule has 0 spiro atoms. The zero-order valence-corrected chi connectivity index (χ0v) is 30.3. The van der Waals surface area contributed by atoms with Crippen LogP contribution < -0.4 is 0 Å². The fraction of sp³-hybridized carbons (Fsp3) is 0. The van der Waals surface area contributed by atoms with E-state index in [1.807, 2.05) is 30.3 Å². The molecular weight excluding hydrogens is 683 g/mol. The Morgan fingerprint density at radius 2 is 0.946 bits per heavy atom. The number of fused-ring (bicyclic) bond motifs is 6. The summed E-state index contributed by atoms with van der Waals surface area (Å²) in [6, 6.07) is 70.2. The van der Waals surface area contributed by atoms with Crippen molar-refractivity contribution in [3.63, 3.8) is 0 Å². The monoisotopic (exact) mass is 715 g/mol. The number of para-hydroxylation sites is 3. The van der Waals surface area contributed by atoms with Crippen LogP contribution in [-0.4, -0.2) is 14.5 Å². The Morgan fingerprint density at radius 3 is 1.66 bits per heavy atom. The molecule has 11 aromatic rings. The Balaban J connectivity index is 1.14. The first kappa shape index (κ1) is 31.9. The molecule has 0 saturated heterocycles. The van der Waals surface area contributed by atoms with Crippen LogP contribution in [-0.2, 0) is 0 Å². The molecule has 0 unspecified atom stereocenters. The van der Waals surface area contributed by atoms with Crippen molar-refractivity contribution < 1.29 is 4.42 Å². The van der Waals surface area contributed by atoms with Crippen molar-refractivity contribution in [2.24, 2.45) is 0 Å². The highest BCUT2D eigenvalue weighted by atomic mass is 16.3. The Kier molecular flexibility index (Phi) is 7.46. The zero-order valence-electron chi connectivity index (χ0n) is 30.3. The second-order valence-corrected chi connectivity index (χ2v) is 14.1. The molecule has 4 heteroatoms. The van der Waals surface area contributed by atoms with Gasteiger partial charge in [0, 0.05) is 49.5 Å². The average Bonchev–Trinajstić information content (AvgIpc) is 3.83. The molecule has 56 heavy (non-hydrogen) atoms. The average molecular weight is 716 g/mol. The quantitative estimate of drug-likeness (QED) is 0.172. The summed E-state index contributed by atoms with van der Waals surface area (Å²) in [6.07, 6.45) is 0. The molecule has 0 radical (unpaired) electrons. The molecule has 0 aliphatic carbocycles. The van der Waals surface area contributed by atoms with Gasteiger partial charge in [-0.1, -0.05) is 152 Å². The Hall–Kier alpha value is -7.56. The maximum atomic E-state index is 6.50. The van der Waals surface area contributed by atoms with E-state index in [0.717, 1.165) is 78.0 Å². The van der Waals surface area contributed by atoms with Crippen LogP contribution >= 0.6 is 0 Å². The highest BCUT2D eigenvalue weighted by Gasteiger charge is 2.21. The van der Waals surface area contributed by atoms with E-state index in [4.69, 9.17) is 14.4 Å². The summed E-state index contributed by atoms with van der Waals surface area (Å²) in [7, 11) is 0. The van der Waals surface area contributed by atoms with Crippen molar-refractivity contribution in [3.05, 3.63) is 200 Å². The second kappa shape index (κ2) is 13.1. The van der Waals surface area contributed by atoms with Crippen LogP contribution in [0.5, 0.6) is 0 Å². The summed E-state index contributed by atoms with van der Waals surface area (Å²) in [5.74, 6) is 0.689. The second-order valence-electron chi connectivity index (χ2n) is 14.1. The third-order valence-electron chi connectivity index (χ3n) is 10.9. The normalized spacial score (nSPS) is 11.6. The first-order valence-electron chi connectivity index (χ1n) is 18.9. The van der Waals surface area contributed by atoms with Gasteiger partial charge in [-0.15, -0.1) is 0 Å². The SMILES string of the molecule is c1ccc(-c2cc(-c3ccccc3-c3ccc4oc5ccccc5c4c3-c3ccc(-n4c5ccccc5c5ccccc54)cc3)nc(-c3ccccc3)n2)cc1. The lowest BCUT2D eigenvalue weighted by atomic mass is 9.87. The highest BCUT2D eigenvalue weighted by Crippen LogP contribution is 2.46. The van der Waals surface area contributed by atoms with E-state index in [9.17, 15) is 0 Å². The van der Waals surface area contributed by atoms with Crippen molar-refractivity contribution >= 4 is 43.7 Å². The summed E-state index contributed by atoms with van der Waals surface area (Å²) in [5.41, 5.74) is 14.4. The molecule has 0 saturated carbocycles. The van der Waals surface area contributed by atoms with E-state index in [2.05, 4.69) is 174 Å². The molecular formula is C52H33N3O. The lowest BCUT2D eigenvalue weighted by Gasteiger charge is -2.17. The third-order valence-corrected chi connectivity index (χ3v) is 10.9. The first-order valence-corrected chi connectivity index (χ1v) is 18.9. The van der Waals surface area contributed by atoms with E-state index in [0.29, 0.717) is 5.82 Å². The van der Waals surface area contributed by atoms with Crippen LogP contribution in [0.1, 0.15) is 0 Å². The van der Waals surface area contributed by atoms with Crippen molar-refractivity contribution in [2.45, 2.75) is 0 Å². The molecule has 0 N–H and O–H groups in total. The largest absolute Gasteiger partial charge is 0.456 e. The minimum Gasteiger partial charge on any atom is -0.456 e. The van der Waals surface area contributed by atoms with E-state index in [-0.39, 0.29) is 0 Å². The van der Waals surface area contributed by atoms with Gasteiger partial charge in [0.05, 0.1) is 22.4 Å². The number of furan rings is 1. The van der Waals surface area contributed by atoms with Crippen molar-refractivity contribution in [3.8, 4) is 61.8 Å². The first-order chi connectivity index (χ1) is 27.8. The van der Waals surface area contributed by atoms with Gasteiger partial charge in [-0.25, -0.2) is 9.97 Å². The molecule has 0 atom stereocenters. The Bertz CT molecular complexity index is 3120. The summed E-state index contributed by atoms with van der Waals surface area (Å²) in [5, 5.41) is 4.67. The van der Waals surface area contributed by atoms with Gasteiger partial charge in [-0.05, 0) is 65.2 Å². The Morgan fingerprint density at radius 1 is 0.375 bits per heavy atom. The van der Waals surface area contributed by atoms with E-state index >= 15 is 0 Å². The molecule has 0 fully saturated rings. The summed E-state index contributed by atoms with van der Waals surface area (Å²) in [6.45, 7) is 0. The number of hydrogen-bond donors (Lipinski definition) is 0. The predicted molar refractivity (Wildman–Crippen MR) is 231 cm³/mol. The maximum absolute atomic E-state index is 6.50. The lowest BCUT2D eigenvalue weighted by Crippen LogP contribution is -1.97.